The summed E-state index contributed by atoms with van der Waals surface area (Å²) in [5.41, 5.74) is 1.12. The quantitative estimate of drug-likeness (QED) is 0.830. The van der Waals surface area contributed by atoms with Gasteiger partial charge in [-0.3, -0.25) is 4.79 Å². The molecule has 1 atom stereocenters. The monoisotopic (exact) mass is 221 g/mol. The Balaban J connectivity index is 2.74. The highest BCUT2D eigenvalue weighted by Gasteiger charge is 2.11. The Morgan fingerprint density at radius 1 is 1.31 bits per heavy atom. The summed E-state index contributed by atoms with van der Waals surface area (Å²) in [5.74, 6) is 0.920. The summed E-state index contributed by atoms with van der Waals surface area (Å²) in [6, 6.07) is 7.90. The van der Waals surface area contributed by atoms with E-state index in [-0.39, 0.29) is 11.9 Å². The molecular weight excluding hydrogens is 202 g/mol. The highest BCUT2D eigenvalue weighted by molar-refractivity contribution is 5.76. The molecule has 0 saturated carbocycles. The fraction of sp³-hybridized carbons (Fsp3) is 0.462. The van der Waals surface area contributed by atoms with E-state index in [1.807, 2.05) is 31.2 Å². The smallest absolute Gasteiger partial charge is 0.220 e. The maximum Gasteiger partial charge on any atom is 0.220 e. The summed E-state index contributed by atoms with van der Waals surface area (Å²) in [5, 5.41) is 2.99. The van der Waals surface area contributed by atoms with Crippen LogP contribution < -0.4 is 10.1 Å². The Kier molecular flexibility index (Phi) is 4.83. The van der Waals surface area contributed by atoms with E-state index >= 15 is 0 Å². The van der Waals surface area contributed by atoms with E-state index in [4.69, 9.17) is 4.74 Å². The van der Waals surface area contributed by atoms with E-state index in [1.54, 1.807) is 7.11 Å². The first-order valence-corrected chi connectivity index (χ1v) is 5.64. The Bertz CT molecular complexity index is 332. The number of rotatable bonds is 5. The van der Waals surface area contributed by atoms with Crippen molar-refractivity contribution in [1.82, 2.24) is 5.32 Å². The molecule has 1 N–H and O–H groups in total. The zero-order valence-corrected chi connectivity index (χ0v) is 10.1. The van der Waals surface area contributed by atoms with E-state index in [2.05, 4.69) is 12.2 Å². The lowest BCUT2D eigenvalue weighted by Crippen LogP contribution is -2.27. The van der Waals surface area contributed by atoms with Crippen LogP contribution in [0, 0.1) is 0 Å². The van der Waals surface area contributed by atoms with Gasteiger partial charge in [0.15, 0.2) is 0 Å². The molecule has 1 rings (SSSR count). The Morgan fingerprint density at radius 3 is 2.38 bits per heavy atom. The van der Waals surface area contributed by atoms with Crippen molar-refractivity contribution in [3.05, 3.63) is 29.8 Å². The largest absolute Gasteiger partial charge is 0.497 e. The van der Waals surface area contributed by atoms with Gasteiger partial charge in [-0.15, -0.1) is 0 Å². The second-order valence-corrected chi connectivity index (χ2v) is 3.66. The van der Waals surface area contributed by atoms with E-state index < -0.39 is 0 Å². The number of amides is 1. The molecule has 0 aliphatic carbocycles. The van der Waals surface area contributed by atoms with Crippen LogP contribution in [0.4, 0.5) is 0 Å². The van der Waals surface area contributed by atoms with Crippen LogP contribution in [0.1, 0.15) is 38.3 Å². The highest BCUT2D eigenvalue weighted by atomic mass is 16.5. The van der Waals surface area contributed by atoms with Gasteiger partial charge in [0.1, 0.15) is 5.75 Å². The molecule has 0 spiro atoms. The van der Waals surface area contributed by atoms with Gasteiger partial charge in [-0.2, -0.15) is 0 Å². The third-order valence-electron chi connectivity index (χ3n) is 2.58. The molecule has 0 aromatic heterocycles. The molecule has 1 aromatic rings. The number of hydrogen-bond acceptors (Lipinski definition) is 2. The van der Waals surface area contributed by atoms with Gasteiger partial charge in [-0.25, -0.2) is 0 Å². The van der Waals surface area contributed by atoms with Crippen molar-refractivity contribution in [2.24, 2.45) is 0 Å². The molecule has 0 heterocycles. The lowest BCUT2D eigenvalue weighted by atomic mass is 10.0. The Labute approximate surface area is 96.8 Å². The molecular formula is C13H19NO2. The van der Waals surface area contributed by atoms with Gasteiger partial charge in [0.05, 0.1) is 13.2 Å². The maximum atomic E-state index is 11.3. The van der Waals surface area contributed by atoms with Gasteiger partial charge in [-0.05, 0) is 24.1 Å². The molecule has 3 heteroatoms. The van der Waals surface area contributed by atoms with Crippen LogP contribution in [0.25, 0.3) is 0 Å². The molecule has 3 nitrogen and oxygen atoms in total. The SMILES string of the molecule is CCC(=O)NC(CC)c1ccc(OC)cc1. The minimum atomic E-state index is 0.0858. The van der Waals surface area contributed by atoms with E-state index in [0.717, 1.165) is 17.7 Å². The molecule has 1 amide bonds. The van der Waals surface area contributed by atoms with Crippen molar-refractivity contribution in [1.29, 1.82) is 0 Å². The summed E-state index contributed by atoms with van der Waals surface area (Å²) < 4.78 is 5.10. The van der Waals surface area contributed by atoms with E-state index in [0.29, 0.717) is 6.42 Å². The van der Waals surface area contributed by atoms with Crippen LogP contribution in [0.15, 0.2) is 24.3 Å². The molecule has 0 aliphatic heterocycles. The number of carbonyl (C=O) groups excluding carboxylic acids is 1. The Morgan fingerprint density at radius 2 is 1.94 bits per heavy atom. The van der Waals surface area contributed by atoms with E-state index in [1.165, 1.54) is 0 Å². The second kappa shape index (κ2) is 6.16. The highest BCUT2D eigenvalue weighted by Crippen LogP contribution is 2.19. The van der Waals surface area contributed by atoms with Crippen molar-refractivity contribution < 1.29 is 9.53 Å². The van der Waals surface area contributed by atoms with Gasteiger partial charge >= 0.3 is 0 Å². The van der Waals surface area contributed by atoms with Gasteiger partial charge in [0, 0.05) is 6.42 Å². The minimum Gasteiger partial charge on any atom is -0.497 e. The molecule has 0 saturated heterocycles. The average molecular weight is 221 g/mol. The number of nitrogens with one attached hydrogen (secondary N) is 1. The number of benzene rings is 1. The van der Waals surface area contributed by atoms with Crippen LogP contribution in [0.2, 0.25) is 0 Å². The molecule has 0 bridgehead atoms. The lowest BCUT2D eigenvalue weighted by Gasteiger charge is -2.17. The predicted octanol–water partition coefficient (Wildman–Crippen LogP) is 2.67. The molecule has 0 fully saturated rings. The maximum absolute atomic E-state index is 11.3. The summed E-state index contributed by atoms with van der Waals surface area (Å²) in [7, 11) is 1.64. The summed E-state index contributed by atoms with van der Waals surface area (Å²) >= 11 is 0. The number of ether oxygens (including phenoxy) is 1. The average Bonchev–Trinajstić information content (AvgIpc) is 2.35. The lowest BCUT2D eigenvalue weighted by molar-refractivity contribution is -0.121. The van der Waals surface area contributed by atoms with Crippen molar-refractivity contribution in [2.45, 2.75) is 32.7 Å². The first kappa shape index (κ1) is 12.6. The molecule has 1 unspecified atom stereocenters. The molecule has 0 aliphatic rings. The fourth-order valence-electron chi connectivity index (χ4n) is 1.55. The van der Waals surface area contributed by atoms with Crippen molar-refractivity contribution in [3.8, 4) is 5.75 Å². The standard InChI is InChI=1S/C13H19NO2/c1-4-12(14-13(15)5-2)10-6-8-11(16-3)9-7-10/h6-9,12H,4-5H2,1-3H3,(H,14,15). The summed E-state index contributed by atoms with van der Waals surface area (Å²) in [6.07, 6.45) is 1.41. The van der Waals surface area contributed by atoms with Gasteiger partial charge < -0.3 is 10.1 Å². The third kappa shape index (κ3) is 3.26. The molecule has 16 heavy (non-hydrogen) atoms. The minimum absolute atomic E-state index is 0.0858. The van der Waals surface area contributed by atoms with Crippen molar-refractivity contribution in [3.63, 3.8) is 0 Å². The second-order valence-electron chi connectivity index (χ2n) is 3.66. The molecule has 0 radical (unpaired) electrons. The van der Waals surface area contributed by atoms with E-state index in [9.17, 15) is 4.79 Å². The summed E-state index contributed by atoms with van der Waals surface area (Å²) in [4.78, 5) is 11.3. The zero-order chi connectivity index (χ0) is 12.0. The topological polar surface area (TPSA) is 38.3 Å². The van der Waals surface area contributed by atoms with Crippen LogP contribution in [0.5, 0.6) is 5.75 Å². The molecule has 88 valence electrons. The third-order valence-corrected chi connectivity index (χ3v) is 2.58. The number of carbonyl (C=O) groups is 1. The fourth-order valence-corrected chi connectivity index (χ4v) is 1.55. The van der Waals surface area contributed by atoms with Crippen LogP contribution in [-0.2, 0) is 4.79 Å². The first-order valence-electron chi connectivity index (χ1n) is 5.64. The summed E-state index contributed by atoms with van der Waals surface area (Å²) in [6.45, 7) is 3.92. The van der Waals surface area contributed by atoms with Gasteiger partial charge in [0.2, 0.25) is 5.91 Å². The van der Waals surface area contributed by atoms with Crippen LogP contribution >= 0.6 is 0 Å². The van der Waals surface area contributed by atoms with Crippen molar-refractivity contribution in [2.75, 3.05) is 7.11 Å². The first-order chi connectivity index (χ1) is 7.71. The van der Waals surface area contributed by atoms with Crippen molar-refractivity contribution >= 4 is 5.91 Å². The number of hydrogen-bond donors (Lipinski definition) is 1. The Hall–Kier alpha value is -1.51. The van der Waals surface area contributed by atoms with Crippen LogP contribution in [0.3, 0.4) is 0 Å². The normalized spacial score (nSPS) is 11.9. The predicted molar refractivity (Wildman–Crippen MR) is 64.5 cm³/mol. The number of methoxy groups -OCH3 is 1. The molecule has 1 aromatic carbocycles. The zero-order valence-electron chi connectivity index (χ0n) is 10.1. The van der Waals surface area contributed by atoms with Crippen LogP contribution in [-0.4, -0.2) is 13.0 Å². The van der Waals surface area contributed by atoms with Gasteiger partial charge in [0.25, 0.3) is 0 Å². The van der Waals surface area contributed by atoms with Gasteiger partial charge in [-0.1, -0.05) is 26.0 Å².